The lowest BCUT2D eigenvalue weighted by molar-refractivity contribution is 0.103. The van der Waals surface area contributed by atoms with Crippen LogP contribution in [0.15, 0.2) is 158 Å². The van der Waals surface area contributed by atoms with Crippen molar-refractivity contribution in [2.24, 2.45) is 0 Å². The second kappa shape index (κ2) is 12.1. The molecule has 0 atom stereocenters. The molecule has 0 aromatic heterocycles. The molecule has 0 saturated carbocycles. The van der Waals surface area contributed by atoms with Crippen LogP contribution in [0.2, 0.25) is 0 Å². The van der Waals surface area contributed by atoms with Crippen molar-refractivity contribution < 1.29 is 14.4 Å². The molecule has 0 unspecified atom stereocenters. The third-order valence-corrected chi connectivity index (χ3v) is 12.4. The molecule has 9 aromatic rings. The van der Waals surface area contributed by atoms with Crippen molar-refractivity contribution >= 4 is 73.0 Å². The number of ketones is 3. The van der Waals surface area contributed by atoms with Crippen LogP contribution < -0.4 is 22.1 Å². The first-order valence-corrected chi connectivity index (χ1v) is 19.7. The summed E-state index contributed by atoms with van der Waals surface area (Å²) in [6, 6.07) is 51.3. The number of fused-ring (bicyclic) bond motifs is 12. The molecule has 3 aliphatic rings. The van der Waals surface area contributed by atoms with E-state index in [0.29, 0.717) is 50.4 Å². The number of carbonyl (C=O) groups excluding carboxylic acids is 3. The highest BCUT2D eigenvalue weighted by atomic mass is 16.1. The van der Waals surface area contributed by atoms with Crippen LogP contribution >= 0.6 is 0 Å². The second-order valence-electron chi connectivity index (χ2n) is 15.8. The Bertz CT molecular complexity index is 3380. The minimum atomic E-state index is -0.0802. The molecule has 9 aromatic carbocycles. The fourth-order valence-corrected chi connectivity index (χ4v) is 9.60. The van der Waals surface area contributed by atoms with E-state index in [-0.39, 0.29) is 17.3 Å². The number of anilines is 6. The van der Waals surface area contributed by atoms with E-state index in [1.165, 1.54) is 0 Å². The first kappa shape index (κ1) is 33.8. The summed E-state index contributed by atoms with van der Waals surface area (Å²) in [4.78, 5) is 43.6. The van der Waals surface area contributed by atoms with Gasteiger partial charge in [0.15, 0.2) is 17.3 Å². The monoisotopic (exact) mass is 772 g/mol. The van der Waals surface area contributed by atoms with E-state index in [2.05, 4.69) is 47.4 Å². The van der Waals surface area contributed by atoms with E-state index in [0.717, 1.165) is 83.1 Å². The van der Waals surface area contributed by atoms with E-state index >= 15 is 0 Å². The predicted octanol–water partition coefficient (Wildman–Crippen LogP) is 11.5. The zero-order chi connectivity index (χ0) is 40.6. The first-order chi connectivity index (χ1) is 29.2. The summed E-state index contributed by atoms with van der Waals surface area (Å²) < 4.78 is 0. The van der Waals surface area contributed by atoms with Gasteiger partial charge in [-0.2, -0.15) is 0 Å². The Morgan fingerprint density at radius 2 is 0.717 bits per heavy atom. The Kier molecular flexibility index (Phi) is 6.83. The van der Waals surface area contributed by atoms with Crippen LogP contribution in [0, 0.1) is 0 Å². The van der Waals surface area contributed by atoms with Gasteiger partial charge in [0.25, 0.3) is 0 Å². The smallest absolute Gasteiger partial charge is 0.194 e. The van der Waals surface area contributed by atoms with Crippen molar-refractivity contribution in [1.29, 1.82) is 0 Å². The molecular formula is C53H32N4O3. The van der Waals surface area contributed by atoms with Crippen LogP contribution in [0.4, 0.5) is 34.1 Å². The standard InChI is InChI=1S/C53H32N4O3/c54-30-8-14-37-36-13-7-28(20-44(36)51(58)45(37)22-30)27-5-6-29-21-50(42-4-2-1-3-35(42)43(29)19-27)57(33-11-17-40-38-15-9-31(55)23-46(38)52(59)48(40)25-33)34-12-18-41-39-16-10-32(56)24-47(39)53(60)49(41)26-34/h1-26H,54-56H2. The number of hydrogen-bond acceptors (Lipinski definition) is 7. The molecule has 7 heteroatoms. The fourth-order valence-electron chi connectivity index (χ4n) is 9.60. The molecule has 0 amide bonds. The van der Waals surface area contributed by atoms with Gasteiger partial charge < -0.3 is 22.1 Å². The number of rotatable bonds is 4. The maximum absolute atomic E-state index is 14.0. The van der Waals surface area contributed by atoms with Gasteiger partial charge in [-0.05, 0) is 140 Å². The molecule has 3 aliphatic carbocycles. The fraction of sp³-hybridized carbons (Fsp3) is 0. The van der Waals surface area contributed by atoms with Crippen LogP contribution in [-0.2, 0) is 0 Å². The predicted molar refractivity (Wildman–Crippen MR) is 241 cm³/mol. The quantitative estimate of drug-likeness (QED) is 0.120. The van der Waals surface area contributed by atoms with E-state index in [9.17, 15) is 14.4 Å². The first-order valence-electron chi connectivity index (χ1n) is 19.7. The third kappa shape index (κ3) is 4.74. The van der Waals surface area contributed by atoms with Crippen molar-refractivity contribution in [2.75, 3.05) is 22.1 Å². The molecule has 60 heavy (non-hydrogen) atoms. The van der Waals surface area contributed by atoms with Gasteiger partial charge in [-0.15, -0.1) is 0 Å². The van der Waals surface area contributed by atoms with Gasteiger partial charge in [-0.25, -0.2) is 0 Å². The zero-order valence-corrected chi connectivity index (χ0v) is 31.9. The molecule has 0 fully saturated rings. The summed E-state index contributed by atoms with van der Waals surface area (Å²) in [6.07, 6.45) is 0. The molecule has 0 spiro atoms. The highest BCUT2D eigenvalue weighted by molar-refractivity contribution is 6.25. The van der Waals surface area contributed by atoms with Crippen molar-refractivity contribution in [3.05, 3.63) is 191 Å². The van der Waals surface area contributed by atoms with Gasteiger partial charge in [0, 0.05) is 67.2 Å². The van der Waals surface area contributed by atoms with Crippen molar-refractivity contribution in [3.8, 4) is 44.5 Å². The zero-order valence-electron chi connectivity index (χ0n) is 31.9. The summed E-state index contributed by atoms with van der Waals surface area (Å²) in [7, 11) is 0. The average Bonchev–Trinajstić information content (AvgIpc) is 3.82. The van der Waals surface area contributed by atoms with Gasteiger partial charge in [0.2, 0.25) is 0 Å². The van der Waals surface area contributed by atoms with E-state index < -0.39 is 0 Å². The van der Waals surface area contributed by atoms with Gasteiger partial charge in [0.1, 0.15) is 0 Å². The lowest BCUT2D eigenvalue weighted by Crippen LogP contribution is -2.12. The van der Waals surface area contributed by atoms with Gasteiger partial charge in [0.05, 0.1) is 5.69 Å². The molecule has 0 bridgehead atoms. The van der Waals surface area contributed by atoms with E-state index in [1.807, 2.05) is 97.1 Å². The van der Waals surface area contributed by atoms with Crippen molar-refractivity contribution in [1.82, 2.24) is 0 Å². The summed E-state index contributed by atoms with van der Waals surface area (Å²) in [5, 5.41) is 4.05. The van der Waals surface area contributed by atoms with E-state index in [4.69, 9.17) is 17.2 Å². The molecule has 0 aliphatic heterocycles. The molecular weight excluding hydrogens is 741 g/mol. The number of carbonyl (C=O) groups is 3. The van der Waals surface area contributed by atoms with Crippen LogP contribution in [0.3, 0.4) is 0 Å². The lowest BCUT2D eigenvalue weighted by Gasteiger charge is -2.28. The molecule has 0 saturated heterocycles. The summed E-state index contributed by atoms with van der Waals surface area (Å²) in [5.41, 5.74) is 33.2. The SMILES string of the molecule is Nc1ccc2c(c1)C(=O)c1cc(-c3ccc4cc(N(c5ccc6c(c5)C(=O)c5cc(N)ccc5-6)c5ccc6c(c5)C(=O)c5cc(N)ccc5-6)c5ccccc5c4c3)ccc1-2. The summed E-state index contributed by atoms with van der Waals surface area (Å²) >= 11 is 0. The molecule has 282 valence electrons. The molecule has 12 rings (SSSR count). The van der Waals surface area contributed by atoms with Gasteiger partial charge in [-0.1, -0.05) is 78.9 Å². The lowest BCUT2D eigenvalue weighted by atomic mass is 9.93. The van der Waals surface area contributed by atoms with Gasteiger partial charge in [-0.3, -0.25) is 14.4 Å². The Morgan fingerprint density at radius 3 is 1.23 bits per heavy atom. The summed E-state index contributed by atoms with van der Waals surface area (Å²) in [6.45, 7) is 0. The van der Waals surface area contributed by atoms with Crippen molar-refractivity contribution in [3.63, 3.8) is 0 Å². The highest BCUT2D eigenvalue weighted by Gasteiger charge is 2.32. The van der Waals surface area contributed by atoms with Crippen molar-refractivity contribution in [2.45, 2.75) is 0 Å². The average molecular weight is 773 g/mol. The minimum absolute atomic E-state index is 0.0207. The highest BCUT2D eigenvalue weighted by Crippen LogP contribution is 2.48. The van der Waals surface area contributed by atoms with Crippen LogP contribution in [0.1, 0.15) is 47.8 Å². The normalized spacial score (nSPS) is 13.0. The number of benzene rings is 9. The molecule has 0 radical (unpaired) electrons. The summed E-state index contributed by atoms with van der Waals surface area (Å²) in [5.74, 6) is -0.181. The third-order valence-electron chi connectivity index (χ3n) is 12.4. The number of nitrogens with two attached hydrogens (primary N) is 3. The minimum Gasteiger partial charge on any atom is -0.399 e. The van der Waals surface area contributed by atoms with Crippen LogP contribution in [0.5, 0.6) is 0 Å². The maximum Gasteiger partial charge on any atom is 0.194 e. The Labute approximate surface area is 343 Å². The Morgan fingerprint density at radius 1 is 0.317 bits per heavy atom. The molecule has 6 N–H and O–H groups in total. The molecule has 7 nitrogen and oxygen atoms in total. The number of nitrogens with zero attached hydrogens (tertiary/aromatic N) is 1. The second-order valence-corrected chi connectivity index (χ2v) is 15.8. The van der Waals surface area contributed by atoms with E-state index in [1.54, 1.807) is 18.2 Å². The topological polar surface area (TPSA) is 133 Å². The maximum atomic E-state index is 14.0. The van der Waals surface area contributed by atoms with Crippen LogP contribution in [0.25, 0.3) is 66.1 Å². The number of hydrogen-bond donors (Lipinski definition) is 3. The van der Waals surface area contributed by atoms with Crippen LogP contribution in [-0.4, -0.2) is 17.3 Å². The van der Waals surface area contributed by atoms with Gasteiger partial charge >= 0.3 is 0 Å². The largest absolute Gasteiger partial charge is 0.399 e. The Hall–Kier alpha value is -8.29. The molecule has 0 heterocycles. The number of nitrogen functional groups attached to an aromatic ring is 3. The Balaban J connectivity index is 1.04.